The Bertz CT molecular complexity index is 2040. The lowest BCUT2D eigenvalue weighted by Gasteiger charge is -2.17. The molecule has 6 N–H and O–H groups in total. The molecule has 336 valence electrons. The van der Waals surface area contributed by atoms with Crippen LogP contribution in [0.2, 0.25) is 0 Å². The maximum atomic E-state index is 13.2. The first-order valence-electron chi connectivity index (χ1n) is 18.8. The van der Waals surface area contributed by atoms with Crippen molar-refractivity contribution >= 4 is 78.4 Å². The summed E-state index contributed by atoms with van der Waals surface area (Å²) < 4.78 is 91.8. The Hall–Kier alpha value is -5.50. The molecule has 0 bridgehead atoms. The highest BCUT2D eigenvalue weighted by atomic mass is 79.9. The predicted molar refractivity (Wildman–Crippen MR) is 229 cm³/mol. The van der Waals surface area contributed by atoms with Gasteiger partial charge in [-0.25, -0.2) is 0 Å². The minimum atomic E-state index is -4.49. The van der Waals surface area contributed by atoms with Crippen molar-refractivity contribution < 1.29 is 65.2 Å². The Morgan fingerprint density at radius 3 is 1.29 bits per heavy atom. The number of rotatable bonds is 18. The van der Waals surface area contributed by atoms with Crippen molar-refractivity contribution in [3.63, 3.8) is 0 Å². The molecular weight excluding hydrogens is 962 g/mol. The number of carboxylic acid groups (broad SMARTS) is 2. The highest BCUT2D eigenvalue weighted by Crippen LogP contribution is 2.38. The number of aliphatic carboxylic acids is 2. The summed E-state index contributed by atoms with van der Waals surface area (Å²) in [6, 6.07) is 13.7. The Morgan fingerprint density at radius 2 is 0.935 bits per heavy atom. The van der Waals surface area contributed by atoms with Crippen molar-refractivity contribution in [3.8, 4) is 11.5 Å². The molecule has 0 aromatic heterocycles. The lowest BCUT2D eigenvalue weighted by Crippen LogP contribution is -2.16. The Kier molecular flexibility index (Phi) is 18.9. The Morgan fingerprint density at radius 1 is 0.565 bits per heavy atom. The minimum absolute atomic E-state index is 0.0723. The largest absolute Gasteiger partial charge is 0.488 e. The fourth-order valence-electron chi connectivity index (χ4n) is 5.64. The lowest BCUT2D eigenvalue weighted by atomic mass is 10.1. The van der Waals surface area contributed by atoms with E-state index in [4.69, 9.17) is 19.7 Å². The number of anilines is 4. The number of benzene rings is 4. The number of carbonyl (C=O) groups excluding carboxylic acids is 2. The first-order valence-corrected chi connectivity index (χ1v) is 20.4. The standard InChI is InChI=1S/C22H25F3N2O4.C20H19Br2F3N2O4/c1-4-5-26-17-9-15(8-16(10-17)22(23,24)25)12-31-21-13(2)6-18(7-14(21)3)27-19(28)11-20(29)30;1-2-3-26-13-5-11(4-12(6-13)20(23,24)25)10-31-19-15(21)7-14(8-16(19)22)27-17(28)9-18(29)30/h6-10,26H,4-5,11-12H2,1-3H3,(H,27,28)(H,29,30);4-8,26H,2-3,9-10H2,1H3,(H,27,28)(H,29,30). The second-order valence-corrected chi connectivity index (χ2v) is 15.4. The number of ether oxygens (including phenoxy) is 2. The summed E-state index contributed by atoms with van der Waals surface area (Å²) in [7, 11) is 0. The number of amides is 2. The molecule has 0 spiro atoms. The third kappa shape index (κ3) is 16.8. The van der Waals surface area contributed by atoms with Gasteiger partial charge in [-0.1, -0.05) is 13.8 Å². The molecule has 0 fully saturated rings. The fourth-order valence-corrected chi connectivity index (χ4v) is 7.05. The smallest absolute Gasteiger partial charge is 0.416 e. The molecule has 0 saturated carbocycles. The second kappa shape index (κ2) is 23.1. The molecule has 0 atom stereocenters. The molecule has 12 nitrogen and oxygen atoms in total. The molecule has 62 heavy (non-hydrogen) atoms. The zero-order valence-corrected chi connectivity index (χ0v) is 37.0. The van der Waals surface area contributed by atoms with Gasteiger partial charge >= 0.3 is 24.3 Å². The molecule has 4 aromatic rings. The van der Waals surface area contributed by atoms with Crippen molar-refractivity contribution in [2.24, 2.45) is 0 Å². The van der Waals surface area contributed by atoms with Gasteiger partial charge in [-0.05, 0) is 141 Å². The molecule has 0 aliphatic carbocycles. The van der Waals surface area contributed by atoms with E-state index in [2.05, 4.69) is 53.1 Å². The number of carboxylic acids is 2. The van der Waals surface area contributed by atoms with Crippen LogP contribution >= 0.6 is 31.9 Å². The van der Waals surface area contributed by atoms with Crippen molar-refractivity contribution in [1.29, 1.82) is 0 Å². The zero-order valence-electron chi connectivity index (χ0n) is 33.8. The molecule has 2 amide bonds. The summed E-state index contributed by atoms with van der Waals surface area (Å²) in [5.41, 5.74) is 1.94. The lowest BCUT2D eigenvalue weighted by molar-refractivity contribution is -0.141. The molecule has 0 heterocycles. The van der Waals surface area contributed by atoms with Crippen LogP contribution in [0.5, 0.6) is 11.5 Å². The number of hydrogen-bond acceptors (Lipinski definition) is 8. The van der Waals surface area contributed by atoms with E-state index in [1.807, 2.05) is 13.8 Å². The topological polar surface area (TPSA) is 175 Å². The van der Waals surface area contributed by atoms with E-state index in [1.165, 1.54) is 12.1 Å². The van der Waals surface area contributed by atoms with E-state index in [0.717, 1.165) is 37.1 Å². The molecule has 4 aromatic carbocycles. The van der Waals surface area contributed by atoms with Crippen molar-refractivity contribution in [2.75, 3.05) is 34.4 Å². The van der Waals surface area contributed by atoms with Crippen LogP contribution < -0.4 is 30.7 Å². The van der Waals surface area contributed by atoms with E-state index < -0.39 is 60.1 Å². The van der Waals surface area contributed by atoms with Gasteiger partial charge in [0, 0.05) is 35.8 Å². The third-order valence-electron chi connectivity index (χ3n) is 8.21. The summed E-state index contributed by atoms with van der Waals surface area (Å²) in [5, 5.41) is 28.2. The number of halogens is 8. The zero-order chi connectivity index (χ0) is 46.4. The highest BCUT2D eigenvalue weighted by Gasteiger charge is 2.32. The molecule has 0 aliphatic heterocycles. The monoisotopic (exact) mass is 1000 g/mol. The summed E-state index contributed by atoms with van der Waals surface area (Å²) in [6.45, 7) is 8.18. The van der Waals surface area contributed by atoms with Crippen LogP contribution in [0.4, 0.5) is 49.1 Å². The summed E-state index contributed by atoms with van der Waals surface area (Å²) in [5.74, 6) is -3.05. The molecule has 4 rings (SSSR count). The molecule has 0 unspecified atom stereocenters. The van der Waals surface area contributed by atoms with Gasteiger partial charge in [0.1, 0.15) is 37.6 Å². The highest BCUT2D eigenvalue weighted by molar-refractivity contribution is 9.11. The van der Waals surface area contributed by atoms with Crippen LogP contribution in [0.1, 0.15) is 72.9 Å². The van der Waals surface area contributed by atoms with Crippen molar-refractivity contribution in [1.82, 2.24) is 0 Å². The Labute approximate surface area is 370 Å². The van der Waals surface area contributed by atoms with Gasteiger partial charge < -0.3 is 41.0 Å². The van der Waals surface area contributed by atoms with E-state index in [1.54, 1.807) is 38.1 Å². The summed E-state index contributed by atoms with van der Waals surface area (Å²) in [4.78, 5) is 44.5. The maximum absolute atomic E-state index is 13.2. The van der Waals surface area contributed by atoms with Crippen LogP contribution in [-0.2, 0) is 44.7 Å². The SMILES string of the molecule is CCCNc1cc(COc2c(Br)cc(NC(=O)CC(=O)O)cc2Br)cc(C(F)(F)F)c1.CCCNc1cc(COc2c(C)cc(NC(=O)CC(=O)O)cc2C)cc(C(F)(F)F)c1. The quantitative estimate of drug-likeness (QED) is 0.0416. The van der Waals surface area contributed by atoms with Crippen LogP contribution in [0, 0.1) is 13.8 Å². The van der Waals surface area contributed by atoms with Gasteiger partial charge in [-0.15, -0.1) is 0 Å². The van der Waals surface area contributed by atoms with Crippen molar-refractivity contribution in [3.05, 3.63) is 103 Å². The number of aryl methyl sites for hydroxylation is 2. The molecule has 0 radical (unpaired) electrons. The van der Waals surface area contributed by atoms with Crippen LogP contribution in [0.3, 0.4) is 0 Å². The number of nitrogens with one attached hydrogen (secondary N) is 4. The van der Waals surface area contributed by atoms with Gasteiger partial charge in [-0.2, -0.15) is 26.3 Å². The maximum Gasteiger partial charge on any atom is 0.416 e. The Balaban J connectivity index is 0.000000330. The van der Waals surface area contributed by atoms with Gasteiger partial charge in [0.15, 0.2) is 0 Å². The predicted octanol–water partition coefficient (Wildman–Crippen LogP) is 11.2. The molecule has 20 heteroatoms. The fraction of sp³-hybridized carbons (Fsp3) is 0.333. The van der Waals surface area contributed by atoms with Crippen LogP contribution in [0.15, 0.2) is 69.6 Å². The van der Waals surface area contributed by atoms with Gasteiger partial charge in [-0.3, -0.25) is 19.2 Å². The van der Waals surface area contributed by atoms with Gasteiger partial charge in [0.25, 0.3) is 0 Å². The number of carbonyl (C=O) groups is 4. The van der Waals surface area contributed by atoms with Gasteiger partial charge in [0.2, 0.25) is 11.8 Å². The van der Waals surface area contributed by atoms with Crippen LogP contribution in [-0.4, -0.2) is 47.1 Å². The van der Waals surface area contributed by atoms with E-state index in [9.17, 15) is 45.5 Å². The second-order valence-electron chi connectivity index (χ2n) is 13.7. The van der Waals surface area contributed by atoms with Crippen LogP contribution in [0.25, 0.3) is 0 Å². The first kappa shape index (κ1) is 50.9. The van der Waals surface area contributed by atoms with Gasteiger partial charge in [0.05, 0.1) is 20.1 Å². The average Bonchev–Trinajstić information content (AvgIpc) is 3.14. The summed E-state index contributed by atoms with van der Waals surface area (Å²) >= 11 is 6.58. The van der Waals surface area contributed by atoms with E-state index in [0.29, 0.717) is 78.5 Å². The molecule has 0 aliphatic rings. The first-order chi connectivity index (χ1) is 29.0. The normalized spacial score (nSPS) is 11.2. The minimum Gasteiger partial charge on any atom is -0.488 e. The van der Waals surface area contributed by atoms with E-state index >= 15 is 0 Å². The van der Waals surface area contributed by atoms with E-state index in [-0.39, 0.29) is 13.2 Å². The van der Waals surface area contributed by atoms with Crippen molar-refractivity contribution in [2.45, 2.75) is 78.9 Å². The number of alkyl halides is 6. The third-order valence-corrected chi connectivity index (χ3v) is 9.39. The average molecular weight is 1010 g/mol. The molecular formula is C42H44Br2F6N4O8. The number of hydrogen-bond donors (Lipinski definition) is 6. The molecule has 0 saturated heterocycles. The summed E-state index contributed by atoms with van der Waals surface area (Å²) in [6.07, 6.45) is -8.76.